The molecule has 0 atom stereocenters. The predicted octanol–water partition coefficient (Wildman–Crippen LogP) is -0.316. The summed E-state index contributed by atoms with van der Waals surface area (Å²) in [6.45, 7) is 1.73. The van der Waals surface area contributed by atoms with Crippen LogP contribution in [0.4, 0.5) is 0 Å². The molecule has 0 heterocycles. The number of esters is 1. The van der Waals surface area contributed by atoms with E-state index >= 15 is 0 Å². The second-order valence-corrected chi connectivity index (χ2v) is 3.40. The number of hydrogen-bond acceptors (Lipinski definition) is 5. The first kappa shape index (κ1) is 11.4. The summed E-state index contributed by atoms with van der Waals surface area (Å²) in [7, 11) is 1.61. The van der Waals surface area contributed by atoms with Crippen molar-refractivity contribution in [3.05, 3.63) is 0 Å². The van der Waals surface area contributed by atoms with Gasteiger partial charge in [-0.2, -0.15) is 0 Å². The van der Waals surface area contributed by atoms with Gasteiger partial charge in [-0.1, -0.05) is 0 Å². The van der Waals surface area contributed by atoms with Gasteiger partial charge >= 0.3 is 5.97 Å². The van der Waals surface area contributed by atoms with Crippen LogP contribution in [0.2, 0.25) is 0 Å². The van der Waals surface area contributed by atoms with E-state index in [1.54, 1.807) is 7.11 Å². The molecule has 82 valence electrons. The maximum Gasteiger partial charge on any atom is 0.326 e. The van der Waals surface area contributed by atoms with Crippen molar-refractivity contribution in [2.24, 2.45) is 5.73 Å². The topological polar surface area (TPSA) is 70.8 Å². The maximum absolute atomic E-state index is 11.2. The van der Waals surface area contributed by atoms with Crippen LogP contribution in [0.25, 0.3) is 0 Å². The van der Waals surface area contributed by atoms with Crippen molar-refractivity contribution in [1.82, 2.24) is 0 Å². The van der Waals surface area contributed by atoms with E-state index in [0.29, 0.717) is 19.8 Å². The van der Waals surface area contributed by atoms with Crippen LogP contribution >= 0.6 is 0 Å². The SMILES string of the molecule is COCCOCCOC(=O)C1(N)CC1. The number of methoxy groups -OCH3 is 1. The summed E-state index contributed by atoms with van der Waals surface area (Å²) in [4.78, 5) is 11.2. The van der Waals surface area contributed by atoms with Crippen LogP contribution in [0.3, 0.4) is 0 Å². The van der Waals surface area contributed by atoms with Crippen LogP contribution in [0, 0.1) is 0 Å². The van der Waals surface area contributed by atoms with E-state index in [9.17, 15) is 4.79 Å². The second kappa shape index (κ2) is 5.29. The largest absolute Gasteiger partial charge is 0.462 e. The molecule has 0 unspecified atom stereocenters. The normalized spacial score (nSPS) is 17.9. The van der Waals surface area contributed by atoms with Crippen LogP contribution < -0.4 is 5.73 Å². The molecule has 2 N–H and O–H groups in total. The molecule has 0 radical (unpaired) electrons. The number of carbonyl (C=O) groups excluding carboxylic acids is 1. The fraction of sp³-hybridized carbons (Fsp3) is 0.889. The average Bonchev–Trinajstić information content (AvgIpc) is 2.91. The Morgan fingerprint density at radius 2 is 1.93 bits per heavy atom. The second-order valence-electron chi connectivity index (χ2n) is 3.40. The molecule has 0 amide bonds. The molecule has 0 bridgehead atoms. The lowest BCUT2D eigenvalue weighted by atomic mass is 10.3. The molecule has 0 aliphatic heterocycles. The lowest BCUT2D eigenvalue weighted by Gasteiger charge is -2.09. The first-order chi connectivity index (χ1) is 6.69. The Bertz CT molecular complexity index is 191. The van der Waals surface area contributed by atoms with Crippen molar-refractivity contribution in [3.63, 3.8) is 0 Å². The lowest BCUT2D eigenvalue weighted by molar-refractivity contribution is -0.148. The summed E-state index contributed by atoms with van der Waals surface area (Å²) in [5.74, 6) is -0.312. The van der Waals surface area contributed by atoms with Gasteiger partial charge in [0.1, 0.15) is 12.1 Å². The molecular weight excluding hydrogens is 186 g/mol. The van der Waals surface area contributed by atoms with Gasteiger partial charge in [-0.25, -0.2) is 0 Å². The van der Waals surface area contributed by atoms with Crippen LogP contribution in [0.15, 0.2) is 0 Å². The minimum absolute atomic E-state index is 0.265. The lowest BCUT2D eigenvalue weighted by Crippen LogP contribution is -2.35. The third-order valence-electron chi connectivity index (χ3n) is 2.09. The minimum Gasteiger partial charge on any atom is -0.462 e. The van der Waals surface area contributed by atoms with Crippen molar-refractivity contribution in [3.8, 4) is 0 Å². The highest BCUT2D eigenvalue weighted by atomic mass is 16.6. The summed E-state index contributed by atoms with van der Waals surface area (Å²) in [6.07, 6.45) is 1.47. The van der Waals surface area contributed by atoms with Crippen LogP contribution in [0.1, 0.15) is 12.8 Å². The van der Waals surface area contributed by atoms with Crippen molar-refractivity contribution in [1.29, 1.82) is 0 Å². The third kappa shape index (κ3) is 3.61. The Balaban J connectivity index is 1.91. The summed E-state index contributed by atoms with van der Waals surface area (Å²) in [6, 6.07) is 0. The summed E-state index contributed by atoms with van der Waals surface area (Å²) >= 11 is 0. The van der Waals surface area contributed by atoms with Gasteiger partial charge in [0, 0.05) is 7.11 Å². The molecule has 1 fully saturated rings. The van der Waals surface area contributed by atoms with Crippen LogP contribution in [0.5, 0.6) is 0 Å². The zero-order valence-electron chi connectivity index (χ0n) is 8.45. The molecule has 1 saturated carbocycles. The number of rotatable bonds is 7. The van der Waals surface area contributed by atoms with E-state index in [2.05, 4.69) is 0 Å². The quantitative estimate of drug-likeness (QED) is 0.453. The van der Waals surface area contributed by atoms with Gasteiger partial charge in [-0.3, -0.25) is 4.79 Å². The molecule has 0 saturated heterocycles. The highest BCUT2D eigenvalue weighted by Crippen LogP contribution is 2.33. The van der Waals surface area contributed by atoms with Gasteiger partial charge in [0.2, 0.25) is 0 Å². The fourth-order valence-electron chi connectivity index (χ4n) is 0.920. The highest BCUT2D eigenvalue weighted by molar-refractivity contribution is 5.83. The van der Waals surface area contributed by atoms with E-state index in [0.717, 1.165) is 12.8 Å². The van der Waals surface area contributed by atoms with Gasteiger partial charge < -0.3 is 19.9 Å². The zero-order chi connectivity index (χ0) is 10.4. The van der Waals surface area contributed by atoms with Gasteiger partial charge in [0.15, 0.2) is 0 Å². The van der Waals surface area contributed by atoms with E-state index in [1.807, 2.05) is 0 Å². The Morgan fingerprint density at radius 3 is 2.50 bits per heavy atom. The summed E-state index contributed by atoms with van der Waals surface area (Å²) < 4.78 is 14.8. The highest BCUT2D eigenvalue weighted by Gasteiger charge is 2.47. The molecule has 1 aliphatic carbocycles. The fourth-order valence-corrected chi connectivity index (χ4v) is 0.920. The molecule has 5 nitrogen and oxygen atoms in total. The molecular formula is C9H17NO4. The van der Waals surface area contributed by atoms with Crippen molar-refractivity contribution in [2.45, 2.75) is 18.4 Å². The Labute approximate surface area is 83.5 Å². The molecule has 1 rings (SSSR count). The molecule has 1 aliphatic rings. The predicted molar refractivity (Wildman–Crippen MR) is 49.8 cm³/mol. The number of ether oxygens (including phenoxy) is 3. The number of nitrogens with two attached hydrogens (primary N) is 1. The Kier molecular flexibility index (Phi) is 4.31. The van der Waals surface area contributed by atoms with E-state index in [4.69, 9.17) is 19.9 Å². The monoisotopic (exact) mass is 203 g/mol. The number of carbonyl (C=O) groups is 1. The van der Waals surface area contributed by atoms with E-state index in [-0.39, 0.29) is 12.6 Å². The Hall–Kier alpha value is -0.650. The van der Waals surface area contributed by atoms with Gasteiger partial charge in [-0.05, 0) is 12.8 Å². The van der Waals surface area contributed by atoms with Gasteiger partial charge in [-0.15, -0.1) is 0 Å². The minimum atomic E-state index is -0.688. The molecule has 0 aromatic carbocycles. The molecule has 14 heavy (non-hydrogen) atoms. The van der Waals surface area contributed by atoms with E-state index < -0.39 is 5.54 Å². The third-order valence-corrected chi connectivity index (χ3v) is 2.09. The van der Waals surface area contributed by atoms with Crippen molar-refractivity contribution >= 4 is 5.97 Å². The smallest absolute Gasteiger partial charge is 0.326 e. The molecule has 5 heteroatoms. The van der Waals surface area contributed by atoms with Crippen LogP contribution in [-0.4, -0.2) is 45.0 Å². The first-order valence-electron chi connectivity index (χ1n) is 4.72. The zero-order valence-corrected chi connectivity index (χ0v) is 8.45. The molecule has 0 aromatic heterocycles. The molecule has 0 spiro atoms. The number of hydrogen-bond donors (Lipinski definition) is 1. The van der Waals surface area contributed by atoms with Gasteiger partial charge in [0.05, 0.1) is 19.8 Å². The van der Waals surface area contributed by atoms with Crippen molar-refractivity contribution < 1.29 is 19.0 Å². The molecule has 0 aromatic rings. The van der Waals surface area contributed by atoms with E-state index in [1.165, 1.54) is 0 Å². The average molecular weight is 203 g/mol. The first-order valence-corrected chi connectivity index (χ1v) is 4.72. The standard InChI is InChI=1S/C9H17NO4/c1-12-4-5-13-6-7-14-8(11)9(10)2-3-9/h2-7,10H2,1H3. The summed E-state index contributed by atoms with van der Waals surface area (Å²) in [5.41, 5.74) is 4.93. The summed E-state index contributed by atoms with van der Waals surface area (Å²) in [5, 5.41) is 0. The van der Waals surface area contributed by atoms with Gasteiger partial charge in [0.25, 0.3) is 0 Å². The van der Waals surface area contributed by atoms with Crippen LogP contribution in [-0.2, 0) is 19.0 Å². The van der Waals surface area contributed by atoms with Crippen molar-refractivity contribution in [2.75, 3.05) is 33.5 Å². The maximum atomic E-state index is 11.2. The Morgan fingerprint density at radius 1 is 1.29 bits per heavy atom.